The Bertz CT molecular complexity index is 564. The van der Waals surface area contributed by atoms with E-state index in [-0.39, 0.29) is 0 Å². The predicted molar refractivity (Wildman–Crippen MR) is 95.8 cm³/mol. The predicted octanol–water partition coefficient (Wildman–Crippen LogP) is 3.34. The number of nitrogens with zero attached hydrogens (tertiary/aromatic N) is 3. The summed E-state index contributed by atoms with van der Waals surface area (Å²) in [5.74, 6) is 3.39. The van der Waals surface area contributed by atoms with Crippen molar-refractivity contribution in [3.63, 3.8) is 0 Å². The largest absolute Gasteiger partial charge is 0.350 e. The monoisotopic (exact) mass is 327 g/mol. The number of piperazine rings is 1. The third kappa shape index (κ3) is 3.15. The number of carbonyl (C=O) groups excluding carboxylic acids is 1. The Labute approximate surface area is 145 Å². The zero-order chi connectivity index (χ0) is 16.5. The minimum atomic E-state index is 0.294. The molecule has 0 spiro atoms. The summed E-state index contributed by atoms with van der Waals surface area (Å²) in [6.45, 7) is 4.78. The van der Waals surface area contributed by atoms with Crippen LogP contribution in [0.4, 0.5) is 5.82 Å². The maximum absolute atomic E-state index is 13.1. The summed E-state index contributed by atoms with van der Waals surface area (Å²) in [6.07, 6.45) is 9.60. The molecule has 1 amide bonds. The topological polar surface area (TPSA) is 36.4 Å². The van der Waals surface area contributed by atoms with Crippen LogP contribution in [0.3, 0.4) is 0 Å². The van der Waals surface area contributed by atoms with Crippen LogP contribution in [0, 0.1) is 17.8 Å². The molecule has 1 saturated heterocycles. The van der Waals surface area contributed by atoms with Gasteiger partial charge in [-0.05, 0) is 50.2 Å². The number of hydrogen-bond acceptors (Lipinski definition) is 3. The Kier molecular flexibility index (Phi) is 4.47. The lowest BCUT2D eigenvalue weighted by atomic mass is 9.68. The molecule has 24 heavy (non-hydrogen) atoms. The molecule has 4 nitrogen and oxygen atoms in total. The van der Waals surface area contributed by atoms with Crippen LogP contribution >= 0.6 is 0 Å². The number of rotatable bonds is 2. The molecule has 3 fully saturated rings. The fourth-order valence-electron chi connectivity index (χ4n) is 5.21. The molecule has 0 radical (unpaired) electrons. The van der Waals surface area contributed by atoms with Gasteiger partial charge in [-0.1, -0.05) is 25.3 Å². The van der Waals surface area contributed by atoms with Gasteiger partial charge < -0.3 is 9.80 Å². The molecule has 2 heterocycles. The second-order valence-corrected chi connectivity index (χ2v) is 8.08. The summed E-state index contributed by atoms with van der Waals surface area (Å²) in [7, 11) is 0. The van der Waals surface area contributed by atoms with Crippen LogP contribution in [-0.2, 0) is 4.79 Å². The first-order valence-corrected chi connectivity index (χ1v) is 9.67. The van der Waals surface area contributed by atoms with Crippen molar-refractivity contribution in [2.24, 2.45) is 17.8 Å². The van der Waals surface area contributed by atoms with Crippen LogP contribution in [0.2, 0.25) is 0 Å². The minimum Gasteiger partial charge on any atom is -0.350 e. The average molecular weight is 327 g/mol. The average Bonchev–Trinajstić information content (AvgIpc) is 2.61. The fourth-order valence-corrected chi connectivity index (χ4v) is 5.21. The van der Waals surface area contributed by atoms with Crippen molar-refractivity contribution in [2.75, 3.05) is 24.5 Å². The number of fused-ring (bicyclic) bond motifs is 2. The molecule has 4 heteroatoms. The van der Waals surface area contributed by atoms with E-state index in [4.69, 9.17) is 0 Å². The lowest BCUT2D eigenvalue weighted by Crippen LogP contribution is -2.55. The normalized spacial score (nSPS) is 33.4. The van der Waals surface area contributed by atoms with Crippen LogP contribution in [0.15, 0.2) is 24.4 Å². The molecule has 2 bridgehead atoms. The Balaban J connectivity index is 1.39. The fraction of sp³-hybridized carbons (Fsp3) is 0.700. The second-order valence-electron chi connectivity index (χ2n) is 8.08. The highest BCUT2D eigenvalue weighted by Crippen LogP contribution is 2.43. The van der Waals surface area contributed by atoms with E-state index >= 15 is 0 Å². The number of aromatic nitrogens is 1. The number of anilines is 1. The quantitative estimate of drug-likeness (QED) is 0.836. The van der Waals surface area contributed by atoms with E-state index in [9.17, 15) is 4.79 Å². The Morgan fingerprint density at radius 3 is 2.58 bits per heavy atom. The van der Waals surface area contributed by atoms with Crippen LogP contribution in [0.5, 0.6) is 0 Å². The van der Waals surface area contributed by atoms with Crippen molar-refractivity contribution in [1.82, 2.24) is 9.88 Å². The van der Waals surface area contributed by atoms with Crippen LogP contribution in [0.1, 0.15) is 45.4 Å². The van der Waals surface area contributed by atoms with Crippen molar-refractivity contribution < 1.29 is 4.79 Å². The van der Waals surface area contributed by atoms with Gasteiger partial charge in [0, 0.05) is 37.8 Å². The highest BCUT2D eigenvalue weighted by Gasteiger charge is 2.38. The zero-order valence-electron chi connectivity index (χ0n) is 14.7. The van der Waals surface area contributed by atoms with Gasteiger partial charge in [-0.2, -0.15) is 0 Å². The lowest BCUT2D eigenvalue weighted by Gasteiger charge is -2.44. The standard InChI is InChI=1S/C20H29N3O/c1-15-14-22(9-10-23(15)19-7-2-3-8-21-19)20(24)18-12-16-5-4-6-17(11-16)13-18/h2-3,7-8,15-18H,4-6,9-14H2,1H3/t15-,16-,17+,18?/m1/s1. The van der Waals surface area contributed by atoms with Gasteiger partial charge in [0.2, 0.25) is 5.91 Å². The molecule has 1 aromatic heterocycles. The summed E-state index contributed by atoms with van der Waals surface area (Å²) in [4.78, 5) is 22.0. The highest BCUT2D eigenvalue weighted by atomic mass is 16.2. The molecule has 0 N–H and O–H groups in total. The molecule has 4 atom stereocenters. The van der Waals surface area contributed by atoms with Crippen molar-refractivity contribution in [3.05, 3.63) is 24.4 Å². The SMILES string of the molecule is C[C@@H]1CN(C(=O)C2C[C@H]3CCC[C@@H](C2)C3)CCN1c1ccccn1. The molecule has 1 unspecified atom stereocenters. The van der Waals surface area contributed by atoms with Crippen molar-refractivity contribution >= 4 is 11.7 Å². The van der Waals surface area contributed by atoms with E-state index in [0.29, 0.717) is 17.9 Å². The lowest BCUT2D eigenvalue weighted by molar-refractivity contribution is -0.139. The number of amides is 1. The maximum Gasteiger partial charge on any atom is 0.225 e. The summed E-state index contributed by atoms with van der Waals surface area (Å²) in [5.41, 5.74) is 0. The van der Waals surface area contributed by atoms with Crippen LogP contribution in [-0.4, -0.2) is 41.5 Å². The van der Waals surface area contributed by atoms with Gasteiger partial charge in [0.1, 0.15) is 5.82 Å². The Morgan fingerprint density at radius 2 is 1.92 bits per heavy atom. The van der Waals surface area contributed by atoms with E-state index in [2.05, 4.69) is 27.8 Å². The summed E-state index contributed by atoms with van der Waals surface area (Å²) >= 11 is 0. The van der Waals surface area contributed by atoms with E-state index in [1.54, 1.807) is 0 Å². The van der Waals surface area contributed by atoms with Crippen molar-refractivity contribution in [3.8, 4) is 0 Å². The summed E-state index contributed by atoms with van der Waals surface area (Å²) in [5, 5.41) is 0. The Hall–Kier alpha value is -1.58. The van der Waals surface area contributed by atoms with E-state index in [1.165, 1.54) is 25.7 Å². The number of pyridine rings is 1. The van der Waals surface area contributed by atoms with Gasteiger partial charge in [-0.15, -0.1) is 0 Å². The minimum absolute atomic E-state index is 0.294. The first-order chi connectivity index (χ1) is 11.7. The van der Waals surface area contributed by atoms with Gasteiger partial charge in [0.25, 0.3) is 0 Å². The summed E-state index contributed by atoms with van der Waals surface area (Å²) in [6, 6.07) is 6.39. The third-order valence-corrected chi connectivity index (χ3v) is 6.36. The van der Waals surface area contributed by atoms with Gasteiger partial charge >= 0.3 is 0 Å². The van der Waals surface area contributed by atoms with E-state index in [1.807, 2.05) is 18.3 Å². The third-order valence-electron chi connectivity index (χ3n) is 6.36. The van der Waals surface area contributed by atoms with Crippen molar-refractivity contribution in [1.29, 1.82) is 0 Å². The van der Waals surface area contributed by atoms with Crippen molar-refractivity contribution in [2.45, 2.75) is 51.5 Å². The molecule has 3 aliphatic rings. The molecule has 1 aliphatic heterocycles. The smallest absolute Gasteiger partial charge is 0.225 e. The highest BCUT2D eigenvalue weighted by molar-refractivity contribution is 5.79. The molecule has 0 aromatic carbocycles. The van der Waals surface area contributed by atoms with E-state index < -0.39 is 0 Å². The zero-order valence-corrected chi connectivity index (χ0v) is 14.7. The molecule has 2 saturated carbocycles. The first-order valence-electron chi connectivity index (χ1n) is 9.67. The maximum atomic E-state index is 13.1. The summed E-state index contributed by atoms with van der Waals surface area (Å²) < 4.78 is 0. The van der Waals surface area contributed by atoms with Crippen LogP contribution in [0.25, 0.3) is 0 Å². The van der Waals surface area contributed by atoms with E-state index in [0.717, 1.165) is 50.1 Å². The second kappa shape index (κ2) is 6.73. The molecule has 4 rings (SSSR count). The first kappa shape index (κ1) is 15.9. The number of hydrogen-bond donors (Lipinski definition) is 0. The molecule has 2 aliphatic carbocycles. The van der Waals surface area contributed by atoms with Gasteiger partial charge in [0.05, 0.1) is 0 Å². The van der Waals surface area contributed by atoms with Gasteiger partial charge in [-0.3, -0.25) is 4.79 Å². The van der Waals surface area contributed by atoms with Crippen LogP contribution < -0.4 is 4.90 Å². The number of carbonyl (C=O) groups is 1. The molecule has 130 valence electrons. The Morgan fingerprint density at radius 1 is 1.12 bits per heavy atom. The molecular weight excluding hydrogens is 298 g/mol. The van der Waals surface area contributed by atoms with Gasteiger partial charge in [-0.25, -0.2) is 4.98 Å². The molecule has 1 aromatic rings. The molecular formula is C20H29N3O. The van der Waals surface area contributed by atoms with Gasteiger partial charge in [0.15, 0.2) is 0 Å².